The summed E-state index contributed by atoms with van der Waals surface area (Å²) >= 11 is 1.68. The predicted octanol–water partition coefficient (Wildman–Crippen LogP) is 2.85. The molecule has 4 nitrogen and oxygen atoms in total. The molecule has 108 valence electrons. The number of rotatable bonds is 4. The summed E-state index contributed by atoms with van der Waals surface area (Å²) in [5, 5.41) is 2.06. The van der Waals surface area contributed by atoms with E-state index in [1.165, 1.54) is 11.3 Å². The lowest BCUT2D eigenvalue weighted by Crippen LogP contribution is -2.22. The highest BCUT2D eigenvalue weighted by atomic mass is 32.1. The second-order valence-corrected chi connectivity index (χ2v) is 6.41. The van der Waals surface area contributed by atoms with Gasteiger partial charge in [-0.3, -0.25) is 4.40 Å². The summed E-state index contributed by atoms with van der Waals surface area (Å²) in [6.45, 7) is 2.65. The van der Waals surface area contributed by atoms with Gasteiger partial charge in [-0.25, -0.2) is 4.98 Å². The SMILES string of the molecule is NCCC1CN(Cc2cn3ccsc3n2)c2ccccc21. The maximum Gasteiger partial charge on any atom is 0.193 e. The lowest BCUT2D eigenvalue weighted by molar-refractivity contribution is 0.642. The van der Waals surface area contributed by atoms with E-state index in [-0.39, 0.29) is 0 Å². The van der Waals surface area contributed by atoms with Crippen LogP contribution < -0.4 is 10.6 Å². The predicted molar refractivity (Wildman–Crippen MR) is 87.0 cm³/mol. The highest BCUT2D eigenvalue weighted by Crippen LogP contribution is 2.38. The van der Waals surface area contributed by atoms with Crippen molar-refractivity contribution in [1.82, 2.24) is 9.38 Å². The van der Waals surface area contributed by atoms with Crippen molar-refractivity contribution in [2.24, 2.45) is 5.73 Å². The van der Waals surface area contributed by atoms with Crippen LogP contribution in [-0.4, -0.2) is 22.5 Å². The van der Waals surface area contributed by atoms with E-state index in [4.69, 9.17) is 10.7 Å². The van der Waals surface area contributed by atoms with Crippen molar-refractivity contribution < 1.29 is 0 Å². The number of anilines is 1. The molecule has 0 fully saturated rings. The van der Waals surface area contributed by atoms with E-state index in [0.29, 0.717) is 5.92 Å². The van der Waals surface area contributed by atoms with Crippen LogP contribution in [0.1, 0.15) is 23.6 Å². The van der Waals surface area contributed by atoms with Crippen LogP contribution >= 0.6 is 11.3 Å². The highest BCUT2D eigenvalue weighted by Gasteiger charge is 2.27. The molecule has 0 aliphatic carbocycles. The Hall–Kier alpha value is -1.85. The number of nitrogens with two attached hydrogens (primary N) is 1. The van der Waals surface area contributed by atoms with E-state index in [1.807, 2.05) is 0 Å². The van der Waals surface area contributed by atoms with Crippen LogP contribution in [0.4, 0.5) is 5.69 Å². The summed E-state index contributed by atoms with van der Waals surface area (Å²) < 4.78 is 2.10. The van der Waals surface area contributed by atoms with E-state index < -0.39 is 0 Å². The van der Waals surface area contributed by atoms with E-state index in [0.717, 1.165) is 36.7 Å². The molecule has 0 bridgehead atoms. The van der Waals surface area contributed by atoms with Gasteiger partial charge in [-0.15, -0.1) is 11.3 Å². The molecule has 1 unspecified atom stereocenters. The van der Waals surface area contributed by atoms with Crippen molar-refractivity contribution in [2.45, 2.75) is 18.9 Å². The van der Waals surface area contributed by atoms with Crippen molar-refractivity contribution in [1.29, 1.82) is 0 Å². The first-order chi connectivity index (χ1) is 10.3. The summed E-state index contributed by atoms with van der Waals surface area (Å²) in [4.78, 5) is 8.19. The Bertz CT molecular complexity index is 732. The van der Waals surface area contributed by atoms with Crippen LogP contribution in [-0.2, 0) is 6.54 Å². The third-order valence-corrected chi connectivity index (χ3v) is 4.94. The van der Waals surface area contributed by atoms with Gasteiger partial charge in [-0.1, -0.05) is 18.2 Å². The molecule has 0 amide bonds. The zero-order valence-electron chi connectivity index (χ0n) is 11.8. The number of imidazole rings is 1. The van der Waals surface area contributed by atoms with Gasteiger partial charge in [-0.2, -0.15) is 0 Å². The van der Waals surface area contributed by atoms with Crippen molar-refractivity contribution in [2.75, 3.05) is 18.0 Å². The van der Waals surface area contributed by atoms with Crippen LogP contribution in [0.15, 0.2) is 42.0 Å². The van der Waals surface area contributed by atoms with Gasteiger partial charge in [0.15, 0.2) is 4.96 Å². The van der Waals surface area contributed by atoms with Crippen LogP contribution in [0.5, 0.6) is 0 Å². The number of hydrogen-bond acceptors (Lipinski definition) is 4. The Morgan fingerprint density at radius 3 is 3.10 bits per heavy atom. The molecule has 3 heterocycles. The molecule has 2 N–H and O–H groups in total. The number of thiazole rings is 1. The quantitative estimate of drug-likeness (QED) is 0.805. The fraction of sp³-hybridized carbons (Fsp3) is 0.312. The molecule has 1 aromatic carbocycles. The lowest BCUT2D eigenvalue weighted by atomic mass is 9.98. The standard InChI is InChI=1S/C16H18N4S/c17-6-5-12-9-20(15-4-2-1-3-14(12)15)11-13-10-19-7-8-21-16(19)18-13/h1-4,7-8,10,12H,5-6,9,11,17H2. The van der Waals surface area contributed by atoms with E-state index in [1.54, 1.807) is 11.3 Å². The van der Waals surface area contributed by atoms with Gasteiger partial charge in [0, 0.05) is 35.9 Å². The number of nitrogens with zero attached hydrogens (tertiary/aromatic N) is 3. The average Bonchev–Trinajstić information content (AvgIpc) is 3.15. The molecule has 0 saturated heterocycles. The molecule has 5 heteroatoms. The summed E-state index contributed by atoms with van der Waals surface area (Å²) in [6.07, 6.45) is 5.24. The molecule has 1 atom stereocenters. The molecule has 3 aromatic rings. The molecule has 21 heavy (non-hydrogen) atoms. The Morgan fingerprint density at radius 2 is 2.24 bits per heavy atom. The minimum Gasteiger partial charge on any atom is -0.365 e. The van der Waals surface area contributed by atoms with Crippen LogP contribution in [0, 0.1) is 0 Å². The average molecular weight is 298 g/mol. The van der Waals surface area contributed by atoms with Crippen molar-refractivity contribution in [3.63, 3.8) is 0 Å². The second kappa shape index (κ2) is 5.16. The fourth-order valence-corrected chi connectivity index (χ4v) is 3.95. The molecule has 0 spiro atoms. The van der Waals surface area contributed by atoms with Crippen molar-refractivity contribution in [3.05, 3.63) is 53.3 Å². The van der Waals surface area contributed by atoms with Crippen molar-refractivity contribution in [3.8, 4) is 0 Å². The van der Waals surface area contributed by atoms with E-state index >= 15 is 0 Å². The first-order valence-electron chi connectivity index (χ1n) is 7.30. The topological polar surface area (TPSA) is 46.6 Å². The lowest BCUT2D eigenvalue weighted by Gasteiger charge is -2.18. The zero-order chi connectivity index (χ0) is 14.2. The maximum atomic E-state index is 5.77. The Balaban J connectivity index is 1.62. The van der Waals surface area contributed by atoms with Crippen molar-refractivity contribution >= 4 is 22.0 Å². The number of fused-ring (bicyclic) bond motifs is 2. The minimum absolute atomic E-state index is 0.551. The monoisotopic (exact) mass is 298 g/mol. The van der Waals surface area contributed by atoms with E-state index in [9.17, 15) is 0 Å². The number of hydrogen-bond donors (Lipinski definition) is 1. The molecule has 0 radical (unpaired) electrons. The second-order valence-electron chi connectivity index (χ2n) is 5.54. The van der Waals surface area contributed by atoms with Gasteiger partial charge in [0.1, 0.15) is 0 Å². The summed E-state index contributed by atoms with van der Waals surface area (Å²) in [7, 11) is 0. The summed E-state index contributed by atoms with van der Waals surface area (Å²) in [5.74, 6) is 0.551. The van der Waals surface area contributed by atoms with Gasteiger partial charge < -0.3 is 10.6 Å². The van der Waals surface area contributed by atoms with Gasteiger partial charge in [0.2, 0.25) is 0 Å². The first kappa shape index (κ1) is 12.9. The van der Waals surface area contributed by atoms with E-state index in [2.05, 4.69) is 51.3 Å². The molecular weight excluding hydrogens is 280 g/mol. The third-order valence-electron chi connectivity index (χ3n) is 4.17. The fourth-order valence-electron chi connectivity index (χ4n) is 3.23. The zero-order valence-corrected chi connectivity index (χ0v) is 12.6. The third kappa shape index (κ3) is 2.22. The largest absolute Gasteiger partial charge is 0.365 e. The van der Waals surface area contributed by atoms with Gasteiger partial charge >= 0.3 is 0 Å². The Kier molecular flexibility index (Phi) is 3.16. The number of benzene rings is 1. The smallest absolute Gasteiger partial charge is 0.193 e. The number of aromatic nitrogens is 2. The Morgan fingerprint density at radius 1 is 1.33 bits per heavy atom. The summed E-state index contributed by atoms with van der Waals surface area (Å²) in [6, 6.07) is 8.69. The van der Waals surface area contributed by atoms with Gasteiger partial charge in [-0.05, 0) is 24.6 Å². The van der Waals surface area contributed by atoms with Gasteiger partial charge in [0.25, 0.3) is 0 Å². The van der Waals surface area contributed by atoms with Crippen LogP contribution in [0.25, 0.3) is 4.96 Å². The molecule has 1 aliphatic rings. The molecule has 4 rings (SSSR count). The molecule has 1 aliphatic heterocycles. The molecule has 2 aromatic heterocycles. The molecular formula is C16H18N4S. The maximum absolute atomic E-state index is 5.77. The number of para-hydroxylation sites is 1. The Labute approximate surface area is 127 Å². The molecule has 0 saturated carbocycles. The van der Waals surface area contributed by atoms with Crippen LogP contribution in [0.2, 0.25) is 0 Å². The minimum atomic E-state index is 0.551. The normalized spacial score (nSPS) is 17.6. The summed E-state index contributed by atoms with van der Waals surface area (Å²) in [5.41, 5.74) is 9.67. The van der Waals surface area contributed by atoms with Gasteiger partial charge in [0.05, 0.1) is 12.2 Å². The first-order valence-corrected chi connectivity index (χ1v) is 8.18. The van der Waals surface area contributed by atoms with Crippen LogP contribution in [0.3, 0.4) is 0 Å². The highest BCUT2D eigenvalue weighted by molar-refractivity contribution is 7.15.